The van der Waals surface area contributed by atoms with Crippen LogP contribution in [0.4, 0.5) is 14.9 Å². The first kappa shape index (κ1) is 16.1. The average molecular weight is 311 g/mol. The summed E-state index contributed by atoms with van der Waals surface area (Å²) in [4.78, 5) is 24.4. The molecule has 120 valence electrons. The fourth-order valence-corrected chi connectivity index (χ4v) is 2.11. The van der Waals surface area contributed by atoms with Gasteiger partial charge in [0.05, 0.1) is 18.7 Å². The Balaban J connectivity index is 2.32. The first-order valence-corrected chi connectivity index (χ1v) is 6.84. The second-order valence-electron chi connectivity index (χ2n) is 6.04. The number of aliphatic carboxylic acids is 1. The zero-order valence-corrected chi connectivity index (χ0v) is 12.6. The largest absolute Gasteiger partial charge is 0.486 e. The predicted octanol–water partition coefficient (Wildman–Crippen LogP) is 2.80. The number of anilines is 1. The highest BCUT2D eigenvalue weighted by Gasteiger charge is 2.34. The third-order valence-electron chi connectivity index (χ3n) is 2.91. The van der Waals surface area contributed by atoms with Crippen LogP contribution in [-0.4, -0.2) is 35.4 Å². The smallest absolute Gasteiger partial charge is 0.415 e. The molecule has 1 aliphatic rings. The summed E-state index contributed by atoms with van der Waals surface area (Å²) in [5.74, 6) is -1.31. The van der Waals surface area contributed by atoms with E-state index in [-0.39, 0.29) is 24.4 Å². The van der Waals surface area contributed by atoms with Gasteiger partial charge in [0.1, 0.15) is 23.3 Å². The quantitative estimate of drug-likeness (QED) is 0.909. The first-order valence-electron chi connectivity index (χ1n) is 6.84. The Morgan fingerprint density at radius 3 is 2.73 bits per heavy atom. The summed E-state index contributed by atoms with van der Waals surface area (Å²) in [6.07, 6.45) is -1.66. The van der Waals surface area contributed by atoms with Gasteiger partial charge < -0.3 is 14.6 Å². The monoisotopic (exact) mass is 311 g/mol. The summed E-state index contributed by atoms with van der Waals surface area (Å²) < 4.78 is 24.2. The molecule has 1 N–H and O–H groups in total. The Morgan fingerprint density at radius 1 is 1.45 bits per heavy atom. The van der Waals surface area contributed by atoms with Gasteiger partial charge in [0.15, 0.2) is 0 Å². The van der Waals surface area contributed by atoms with Gasteiger partial charge in [-0.1, -0.05) is 0 Å². The summed E-state index contributed by atoms with van der Waals surface area (Å²) >= 11 is 0. The number of ether oxygens (including phenoxy) is 2. The number of nitrogens with zero attached hydrogens (tertiary/aromatic N) is 1. The maximum Gasteiger partial charge on any atom is 0.415 e. The van der Waals surface area contributed by atoms with Crippen LogP contribution in [0.3, 0.4) is 0 Å². The number of hydrogen-bond donors (Lipinski definition) is 1. The molecule has 6 nitrogen and oxygen atoms in total. The van der Waals surface area contributed by atoms with E-state index in [0.717, 1.165) is 6.07 Å². The number of carbonyl (C=O) groups excluding carboxylic acids is 1. The van der Waals surface area contributed by atoms with Gasteiger partial charge >= 0.3 is 12.1 Å². The van der Waals surface area contributed by atoms with E-state index in [2.05, 4.69) is 0 Å². The van der Waals surface area contributed by atoms with E-state index in [0.29, 0.717) is 0 Å². The number of carbonyl (C=O) groups is 2. The molecule has 0 aromatic heterocycles. The molecular formula is C15H18FNO5. The highest BCUT2D eigenvalue weighted by molar-refractivity contribution is 5.90. The molecule has 1 unspecified atom stereocenters. The molecule has 22 heavy (non-hydrogen) atoms. The van der Waals surface area contributed by atoms with Crippen LogP contribution in [0, 0.1) is 5.82 Å². The number of fused-ring (bicyclic) bond motifs is 1. The van der Waals surface area contributed by atoms with Crippen molar-refractivity contribution in [2.24, 2.45) is 0 Å². The number of rotatable bonds is 2. The third-order valence-corrected chi connectivity index (χ3v) is 2.91. The van der Waals surface area contributed by atoms with E-state index in [4.69, 9.17) is 14.6 Å². The molecule has 1 aliphatic heterocycles. The van der Waals surface area contributed by atoms with Gasteiger partial charge in [-0.3, -0.25) is 9.69 Å². The maximum atomic E-state index is 13.4. The standard InChI is InChI=1S/C15H18FNO5/c1-15(2,3)22-14(20)17-8-10(7-13(18)19)21-12-5-4-9(16)6-11(12)17/h4-6,10H,7-8H2,1-3H3,(H,18,19). The molecule has 2 rings (SSSR count). The molecule has 0 aliphatic carbocycles. The second-order valence-corrected chi connectivity index (χ2v) is 6.04. The summed E-state index contributed by atoms with van der Waals surface area (Å²) in [5, 5.41) is 8.89. The van der Waals surface area contributed by atoms with Crippen molar-refractivity contribution in [1.29, 1.82) is 0 Å². The van der Waals surface area contributed by atoms with E-state index in [1.807, 2.05) is 0 Å². The molecule has 0 spiro atoms. The Labute approximate surface area is 127 Å². The molecule has 1 atom stereocenters. The summed E-state index contributed by atoms with van der Waals surface area (Å²) in [6, 6.07) is 3.72. The van der Waals surface area contributed by atoms with Crippen molar-refractivity contribution in [3.8, 4) is 5.75 Å². The van der Waals surface area contributed by atoms with Gasteiger partial charge in [-0.2, -0.15) is 0 Å². The van der Waals surface area contributed by atoms with Gasteiger partial charge in [-0.25, -0.2) is 9.18 Å². The molecule has 1 aromatic rings. The highest BCUT2D eigenvalue weighted by atomic mass is 19.1. The maximum absolute atomic E-state index is 13.4. The Bertz CT molecular complexity index is 596. The molecule has 0 saturated heterocycles. The minimum absolute atomic E-state index is 0.0162. The normalized spacial score (nSPS) is 17.5. The summed E-state index contributed by atoms with van der Waals surface area (Å²) in [5.41, 5.74) is -0.485. The van der Waals surface area contributed by atoms with Crippen LogP contribution in [0.2, 0.25) is 0 Å². The highest BCUT2D eigenvalue weighted by Crippen LogP contribution is 2.35. The van der Waals surface area contributed by atoms with Crippen molar-refractivity contribution in [1.82, 2.24) is 0 Å². The topological polar surface area (TPSA) is 76.1 Å². The minimum Gasteiger partial charge on any atom is -0.486 e. The number of halogens is 1. The van der Waals surface area contributed by atoms with Crippen LogP contribution in [-0.2, 0) is 9.53 Å². The van der Waals surface area contributed by atoms with Crippen LogP contribution in [0.5, 0.6) is 5.75 Å². The molecule has 0 bridgehead atoms. The lowest BCUT2D eigenvalue weighted by atomic mass is 10.1. The van der Waals surface area contributed by atoms with Crippen LogP contribution < -0.4 is 9.64 Å². The van der Waals surface area contributed by atoms with Crippen molar-refractivity contribution in [2.45, 2.75) is 38.9 Å². The van der Waals surface area contributed by atoms with Crippen LogP contribution in [0.1, 0.15) is 27.2 Å². The SMILES string of the molecule is CC(C)(C)OC(=O)N1CC(CC(=O)O)Oc2ccc(F)cc21. The molecule has 0 radical (unpaired) electrons. The van der Waals surface area contributed by atoms with Gasteiger partial charge in [-0.05, 0) is 32.9 Å². The third kappa shape index (κ3) is 3.87. The minimum atomic E-state index is -1.04. The lowest BCUT2D eigenvalue weighted by Crippen LogP contribution is -2.46. The van der Waals surface area contributed by atoms with Gasteiger partial charge in [0.25, 0.3) is 0 Å². The Kier molecular flexibility index (Phi) is 4.25. The van der Waals surface area contributed by atoms with Crippen LogP contribution in [0.25, 0.3) is 0 Å². The molecule has 1 heterocycles. The number of benzene rings is 1. The fraction of sp³-hybridized carbons (Fsp3) is 0.467. The molecule has 0 fully saturated rings. The van der Waals surface area contributed by atoms with Gasteiger partial charge in [0.2, 0.25) is 0 Å². The van der Waals surface area contributed by atoms with Crippen molar-refractivity contribution < 1.29 is 28.6 Å². The zero-order valence-electron chi connectivity index (χ0n) is 12.6. The van der Waals surface area contributed by atoms with Gasteiger partial charge in [-0.15, -0.1) is 0 Å². The van der Waals surface area contributed by atoms with Crippen LogP contribution in [0.15, 0.2) is 18.2 Å². The van der Waals surface area contributed by atoms with E-state index >= 15 is 0 Å². The fourth-order valence-electron chi connectivity index (χ4n) is 2.11. The van der Waals surface area contributed by atoms with E-state index in [9.17, 15) is 14.0 Å². The number of carboxylic acids is 1. The number of amides is 1. The van der Waals surface area contributed by atoms with Crippen molar-refractivity contribution in [3.05, 3.63) is 24.0 Å². The van der Waals surface area contributed by atoms with Crippen molar-refractivity contribution in [3.63, 3.8) is 0 Å². The summed E-state index contributed by atoms with van der Waals surface area (Å²) in [7, 11) is 0. The Hall–Kier alpha value is -2.31. The van der Waals surface area contributed by atoms with Crippen molar-refractivity contribution in [2.75, 3.05) is 11.4 Å². The molecule has 7 heteroatoms. The molecule has 1 amide bonds. The van der Waals surface area contributed by atoms with Crippen LogP contribution >= 0.6 is 0 Å². The average Bonchev–Trinajstić information content (AvgIpc) is 2.35. The Morgan fingerprint density at radius 2 is 2.14 bits per heavy atom. The van der Waals surface area contributed by atoms with E-state index < -0.39 is 29.6 Å². The first-order chi connectivity index (χ1) is 10.2. The molecule has 1 aromatic carbocycles. The predicted molar refractivity (Wildman–Crippen MR) is 76.6 cm³/mol. The van der Waals surface area contributed by atoms with E-state index in [1.54, 1.807) is 20.8 Å². The van der Waals surface area contributed by atoms with Gasteiger partial charge in [0, 0.05) is 6.07 Å². The lowest BCUT2D eigenvalue weighted by molar-refractivity contribution is -0.138. The van der Waals surface area contributed by atoms with Crippen molar-refractivity contribution >= 4 is 17.7 Å². The number of carboxylic acid groups (broad SMARTS) is 1. The second kappa shape index (κ2) is 5.82. The summed E-state index contributed by atoms with van der Waals surface area (Å²) in [6.45, 7) is 5.13. The number of hydrogen-bond acceptors (Lipinski definition) is 4. The van der Waals surface area contributed by atoms with E-state index in [1.165, 1.54) is 17.0 Å². The lowest BCUT2D eigenvalue weighted by Gasteiger charge is -2.35. The zero-order chi connectivity index (χ0) is 16.5. The molecule has 0 saturated carbocycles. The molecular weight excluding hydrogens is 293 g/mol.